The Morgan fingerprint density at radius 1 is 1.33 bits per heavy atom. The van der Waals surface area contributed by atoms with Crippen LogP contribution < -0.4 is 5.32 Å². The predicted octanol–water partition coefficient (Wildman–Crippen LogP) is 2.99. The third-order valence-electron chi connectivity index (χ3n) is 4.79. The van der Waals surface area contributed by atoms with Gasteiger partial charge in [0.05, 0.1) is 0 Å². The lowest BCUT2D eigenvalue weighted by atomic mass is 9.97. The van der Waals surface area contributed by atoms with Crippen molar-refractivity contribution in [1.29, 1.82) is 0 Å². The molecular weight excluding hydrogens is 260 g/mol. The van der Waals surface area contributed by atoms with Gasteiger partial charge in [-0.3, -0.25) is 4.90 Å². The van der Waals surface area contributed by atoms with Crippen molar-refractivity contribution in [2.75, 3.05) is 13.1 Å². The molecule has 1 aliphatic heterocycles. The summed E-state index contributed by atoms with van der Waals surface area (Å²) >= 11 is 0. The summed E-state index contributed by atoms with van der Waals surface area (Å²) in [7, 11) is 0. The molecule has 1 aromatic carbocycles. The van der Waals surface area contributed by atoms with Crippen LogP contribution in [0.3, 0.4) is 0 Å². The Kier molecular flexibility index (Phi) is 4.51. The van der Waals surface area contributed by atoms with E-state index in [1.165, 1.54) is 24.8 Å². The summed E-state index contributed by atoms with van der Waals surface area (Å²) in [5.74, 6) is 2.00. The molecule has 3 nitrogen and oxygen atoms in total. The molecule has 2 fully saturated rings. The van der Waals surface area contributed by atoms with Gasteiger partial charge in [-0.05, 0) is 48.8 Å². The summed E-state index contributed by atoms with van der Waals surface area (Å²) < 4.78 is 0. The number of rotatable bonds is 5. The first-order chi connectivity index (χ1) is 10.1. The fourth-order valence-corrected chi connectivity index (χ4v) is 3.56. The first-order valence-corrected chi connectivity index (χ1v) is 8.37. The van der Waals surface area contributed by atoms with Gasteiger partial charge in [-0.2, -0.15) is 0 Å². The number of aromatic hydroxyl groups is 1. The molecule has 3 rings (SSSR count). The normalized spacial score (nSPS) is 27.2. The van der Waals surface area contributed by atoms with E-state index in [1.54, 1.807) is 6.07 Å². The Balaban J connectivity index is 1.69. The standard InChI is InChI=1S/C18H28N2O/c1-13(2)8-16-10-19-18(15-6-7-15)12-20(16)11-14-4-3-5-17(21)9-14/h3-5,9,13,15-16,18-19,21H,6-8,10-12H2,1-2H3. The van der Waals surface area contributed by atoms with Crippen LogP contribution in [0, 0.1) is 11.8 Å². The Morgan fingerprint density at radius 3 is 2.81 bits per heavy atom. The highest BCUT2D eigenvalue weighted by Gasteiger charge is 2.37. The Hall–Kier alpha value is -1.06. The summed E-state index contributed by atoms with van der Waals surface area (Å²) in [5, 5.41) is 13.4. The monoisotopic (exact) mass is 288 g/mol. The van der Waals surface area contributed by atoms with Crippen LogP contribution in [0.4, 0.5) is 0 Å². The van der Waals surface area contributed by atoms with E-state index in [0.29, 0.717) is 17.8 Å². The SMILES string of the molecule is CC(C)CC1CNC(C2CC2)CN1Cc1cccc(O)c1. The second-order valence-electron chi connectivity index (χ2n) is 7.23. The average molecular weight is 288 g/mol. The number of phenolic OH excluding ortho intramolecular Hbond substituents is 1. The van der Waals surface area contributed by atoms with Crippen LogP contribution in [-0.4, -0.2) is 35.2 Å². The van der Waals surface area contributed by atoms with E-state index in [9.17, 15) is 5.11 Å². The molecule has 2 atom stereocenters. The fraction of sp³-hybridized carbons (Fsp3) is 0.667. The highest BCUT2D eigenvalue weighted by Crippen LogP contribution is 2.35. The zero-order chi connectivity index (χ0) is 14.8. The lowest BCUT2D eigenvalue weighted by molar-refractivity contribution is 0.0999. The number of piperazine rings is 1. The summed E-state index contributed by atoms with van der Waals surface area (Å²) in [5.41, 5.74) is 1.22. The van der Waals surface area contributed by atoms with E-state index in [2.05, 4.69) is 30.1 Å². The van der Waals surface area contributed by atoms with Crippen molar-refractivity contribution in [3.8, 4) is 5.75 Å². The lowest BCUT2D eigenvalue weighted by Gasteiger charge is -2.41. The minimum Gasteiger partial charge on any atom is -0.508 e. The summed E-state index contributed by atoms with van der Waals surface area (Å²) in [6.45, 7) is 7.82. The van der Waals surface area contributed by atoms with Crippen molar-refractivity contribution in [1.82, 2.24) is 10.2 Å². The fourth-order valence-electron chi connectivity index (χ4n) is 3.56. The second-order valence-corrected chi connectivity index (χ2v) is 7.23. The molecule has 1 saturated heterocycles. The van der Waals surface area contributed by atoms with Gasteiger partial charge in [-0.1, -0.05) is 26.0 Å². The molecule has 0 spiro atoms. The molecule has 0 amide bonds. The number of phenols is 1. The molecule has 2 N–H and O–H groups in total. The van der Waals surface area contributed by atoms with Crippen LogP contribution in [0.15, 0.2) is 24.3 Å². The van der Waals surface area contributed by atoms with Crippen molar-refractivity contribution in [2.24, 2.45) is 11.8 Å². The molecule has 3 heteroatoms. The largest absolute Gasteiger partial charge is 0.508 e. The van der Waals surface area contributed by atoms with Gasteiger partial charge in [0.15, 0.2) is 0 Å². The van der Waals surface area contributed by atoms with Crippen LogP contribution in [0.2, 0.25) is 0 Å². The van der Waals surface area contributed by atoms with Gasteiger partial charge in [0, 0.05) is 31.7 Å². The summed E-state index contributed by atoms with van der Waals surface area (Å²) in [6.07, 6.45) is 4.03. The van der Waals surface area contributed by atoms with Crippen LogP contribution in [-0.2, 0) is 6.54 Å². The van der Waals surface area contributed by atoms with Crippen LogP contribution in [0.5, 0.6) is 5.75 Å². The molecule has 0 bridgehead atoms. The smallest absolute Gasteiger partial charge is 0.115 e. The minimum absolute atomic E-state index is 0.377. The van der Waals surface area contributed by atoms with Crippen molar-refractivity contribution in [2.45, 2.75) is 51.7 Å². The van der Waals surface area contributed by atoms with E-state index in [4.69, 9.17) is 0 Å². The Labute approximate surface area is 128 Å². The molecule has 0 radical (unpaired) electrons. The van der Waals surface area contributed by atoms with Crippen LogP contribution >= 0.6 is 0 Å². The maximum absolute atomic E-state index is 9.67. The first kappa shape index (κ1) is 14.9. The van der Waals surface area contributed by atoms with Crippen molar-refractivity contribution < 1.29 is 5.11 Å². The predicted molar refractivity (Wildman–Crippen MR) is 86.3 cm³/mol. The molecular formula is C18H28N2O. The Morgan fingerprint density at radius 2 is 2.14 bits per heavy atom. The summed E-state index contributed by atoms with van der Waals surface area (Å²) in [6, 6.07) is 9.01. The van der Waals surface area contributed by atoms with Gasteiger partial charge in [0.1, 0.15) is 5.75 Å². The van der Waals surface area contributed by atoms with Gasteiger partial charge < -0.3 is 10.4 Å². The third kappa shape index (κ3) is 3.98. The maximum Gasteiger partial charge on any atom is 0.115 e. The zero-order valence-corrected chi connectivity index (χ0v) is 13.3. The van der Waals surface area contributed by atoms with Gasteiger partial charge in [-0.15, -0.1) is 0 Å². The Bertz CT molecular complexity index is 470. The van der Waals surface area contributed by atoms with E-state index in [0.717, 1.165) is 31.5 Å². The number of hydrogen-bond acceptors (Lipinski definition) is 3. The number of nitrogens with zero attached hydrogens (tertiary/aromatic N) is 1. The van der Waals surface area contributed by atoms with Gasteiger partial charge >= 0.3 is 0 Å². The molecule has 1 aliphatic carbocycles. The number of nitrogens with one attached hydrogen (secondary N) is 1. The third-order valence-corrected chi connectivity index (χ3v) is 4.79. The van der Waals surface area contributed by atoms with Crippen molar-refractivity contribution >= 4 is 0 Å². The van der Waals surface area contributed by atoms with Crippen molar-refractivity contribution in [3.05, 3.63) is 29.8 Å². The summed E-state index contributed by atoms with van der Waals surface area (Å²) in [4.78, 5) is 2.63. The number of hydrogen-bond donors (Lipinski definition) is 2. The van der Waals surface area contributed by atoms with Crippen molar-refractivity contribution in [3.63, 3.8) is 0 Å². The lowest BCUT2D eigenvalue weighted by Crippen LogP contribution is -2.57. The molecule has 0 aromatic heterocycles. The molecule has 1 heterocycles. The molecule has 1 aromatic rings. The van der Waals surface area contributed by atoms with E-state index >= 15 is 0 Å². The number of benzene rings is 1. The second kappa shape index (κ2) is 6.37. The quantitative estimate of drug-likeness (QED) is 0.874. The van der Waals surface area contributed by atoms with Gasteiger partial charge in [0.2, 0.25) is 0 Å². The van der Waals surface area contributed by atoms with E-state index < -0.39 is 0 Å². The van der Waals surface area contributed by atoms with Gasteiger partial charge in [0.25, 0.3) is 0 Å². The zero-order valence-electron chi connectivity index (χ0n) is 13.3. The van der Waals surface area contributed by atoms with Crippen LogP contribution in [0.1, 0.15) is 38.7 Å². The molecule has 1 saturated carbocycles. The maximum atomic E-state index is 9.67. The van der Waals surface area contributed by atoms with E-state index in [1.807, 2.05) is 12.1 Å². The average Bonchev–Trinajstić information content (AvgIpc) is 3.24. The first-order valence-electron chi connectivity index (χ1n) is 8.37. The highest BCUT2D eigenvalue weighted by atomic mass is 16.3. The minimum atomic E-state index is 0.377. The topological polar surface area (TPSA) is 35.5 Å². The van der Waals surface area contributed by atoms with Gasteiger partial charge in [-0.25, -0.2) is 0 Å². The molecule has 116 valence electrons. The van der Waals surface area contributed by atoms with E-state index in [-0.39, 0.29) is 0 Å². The van der Waals surface area contributed by atoms with Crippen LogP contribution in [0.25, 0.3) is 0 Å². The highest BCUT2D eigenvalue weighted by molar-refractivity contribution is 5.27. The molecule has 2 aliphatic rings. The molecule has 2 unspecified atom stereocenters. The molecule has 21 heavy (non-hydrogen) atoms.